The van der Waals surface area contributed by atoms with E-state index in [0.29, 0.717) is 5.69 Å². The number of aromatic nitrogens is 1. The molecule has 1 aliphatic carbocycles. The van der Waals surface area contributed by atoms with Gasteiger partial charge < -0.3 is 0 Å². The third-order valence-electron chi connectivity index (χ3n) is 3.64. The molecule has 2 aromatic carbocycles. The first kappa shape index (κ1) is 11.1. The summed E-state index contributed by atoms with van der Waals surface area (Å²) in [6.45, 7) is 0. The van der Waals surface area contributed by atoms with Crippen LogP contribution >= 0.6 is 0 Å². The molecule has 94 valence electrons. The van der Waals surface area contributed by atoms with Crippen molar-refractivity contribution in [1.29, 1.82) is 0 Å². The second-order valence-electron chi connectivity index (χ2n) is 4.83. The molecule has 2 heteroatoms. The summed E-state index contributed by atoms with van der Waals surface area (Å²) >= 11 is 0. The van der Waals surface area contributed by atoms with E-state index in [1.165, 1.54) is 0 Å². The van der Waals surface area contributed by atoms with Crippen LogP contribution < -0.4 is 0 Å². The number of carbonyl (C=O) groups excluding carboxylic acids is 1. The van der Waals surface area contributed by atoms with Crippen molar-refractivity contribution in [1.82, 2.24) is 4.98 Å². The highest BCUT2D eigenvalue weighted by molar-refractivity contribution is 6.20. The summed E-state index contributed by atoms with van der Waals surface area (Å²) in [5.74, 6) is 0.0216. The van der Waals surface area contributed by atoms with Gasteiger partial charge >= 0.3 is 0 Å². The van der Waals surface area contributed by atoms with Crippen molar-refractivity contribution < 1.29 is 4.79 Å². The van der Waals surface area contributed by atoms with Crippen molar-refractivity contribution in [2.75, 3.05) is 0 Å². The van der Waals surface area contributed by atoms with Gasteiger partial charge in [-0.2, -0.15) is 0 Å². The minimum atomic E-state index is 0.0216. The average molecular weight is 257 g/mol. The molecule has 1 heterocycles. The third-order valence-corrected chi connectivity index (χ3v) is 3.64. The van der Waals surface area contributed by atoms with Crippen molar-refractivity contribution in [3.8, 4) is 22.4 Å². The van der Waals surface area contributed by atoms with Crippen LogP contribution in [0.5, 0.6) is 0 Å². The molecule has 0 atom stereocenters. The molecule has 0 unspecified atom stereocenters. The molecule has 4 rings (SSSR count). The summed E-state index contributed by atoms with van der Waals surface area (Å²) in [5, 5.41) is 0. The van der Waals surface area contributed by atoms with Gasteiger partial charge in [-0.25, -0.2) is 4.98 Å². The first-order valence-electron chi connectivity index (χ1n) is 6.55. The molecule has 0 fully saturated rings. The molecule has 0 saturated heterocycles. The van der Waals surface area contributed by atoms with Gasteiger partial charge in [-0.1, -0.05) is 54.6 Å². The maximum absolute atomic E-state index is 12.4. The molecule has 2 nitrogen and oxygen atoms in total. The highest BCUT2D eigenvalue weighted by atomic mass is 16.1. The number of benzene rings is 2. The lowest BCUT2D eigenvalue weighted by molar-refractivity contribution is 0.103. The van der Waals surface area contributed by atoms with Gasteiger partial charge in [0.1, 0.15) is 5.69 Å². The number of rotatable bonds is 1. The molecule has 1 aliphatic rings. The van der Waals surface area contributed by atoms with E-state index in [-0.39, 0.29) is 5.78 Å². The van der Waals surface area contributed by atoms with E-state index in [1.807, 2.05) is 66.7 Å². The molecule has 0 N–H and O–H groups in total. The lowest BCUT2D eigenvalue weighted by atomic mass is 10.1. The Morgan fingerprint density at radius 1 is 0.650 bits per heavy atom. The van der Waals surface area contributed by atoms with Gasteiger partial charge in [0.25, 0.3) is 0 Å². The second-order valence-corrected chi connectivity index (χ2v) is 4.83. The van der Waals surface area contributed by atoms with Crippen LogP contribution in [-0.4, -0.2) is 10.8 Å². The SMILES string of the molecule is O=C1c2ccccc2-c2ccc(-c3ccccc3)nc21. The molecule has 20 heavy (non-hydrogen) atoms. The lowest BCUT2D eigenvalue weighted by Crippen LogP contribution is -1.99. The Bertz CT molecular complexity index is 822. The van der Waals surface area contributed by atoms with Crippen LogP contribution in [0.4, 0.5) is 0 Å². The standard InChI is InChI=1S/C18H11NO/c20-18-15-9-5-4-8-13(15)14-10-11-16(19-17(14)18)12-6-2-1-3-7-12/h1-11H. The zero-order valence-corrected chi connectivity index (χ0v) is 10.7. The van der Waals surface area contributed by atoms with Gasteiger partial charge in [0.05, 0.1) is 5.69 Å². The Morgan fingerprint density at radius 3 is 2.15 bits per heavy atom. The van der Waals surface area contributed by atoms with Crippen molar-refractivity contribution in [2.45, 2.75) is 0 Å². The summed E-state index contributed by atoms with van der Waals surface area (Å²) in [6.07, 6.45) is 0. The van der Waals surface area contributed by atoms with Crippen LogP contribution in [0.15, 0.2) is 66.7 Å². The molecule has 0 saturated carbocycles. The molecule has 1 aromatic heterocycles. The van der Waals surface area contributed by atoms with Gasteiger partial charge in [-0.05, 0) is 17.7 Å². The predicted molar refractivity (Wildman–Crippen MR) is 78.5 cm³/mol. The first-order chi connectivity index (χ1) is 9.84. The predicted octanol–water partition coefficient (Wildman–Crippen LogP) is 3.96. The Kier molecular flexibility index (Phi) is 2.30. The van der Waals surface area contributed by atoms with Crippen LogP contribution in [0.1, 0.15) is 16.1 Å². The quantitative estimate of drug-likeness (QED) is 0.516. The summed E-state index contributed by atoms with van der Waals surface area (Å²) in [6, 6.07) is 21.6. The second kappa shape index (κ2) is 4.14. The minimum absolute atomic E-state index is 0.0216. The van der Waals surface area contributed by atoms with E-state index in [4.69, 9.17) is 0 Å². The summed E-state index contributed by atoms with van der Waals surface area (Å²) in [5.41, 5.74) is 5.10. The highest BCUT2D eigenvalue weighted by Crippen LogP contribution is 2.36. The fourth-order valence-electron chi connectivity index (χ4n) is 2.66. The molecule has 0 spiro atoms. The summed E-state index contributed by atoms with van der Waals surface area (Å²) in [4.78, 5) is 17.0. The summed E-state index contributed by atoms with van der Waals surface area (Å²) < 4.78 is 0. The number of fused-ring (bicyclic) bond motifs is 3. The van der Waals surface area contributed by atoms with Gasteiger partial charge in [0.15, 0.2) is 0 Å². The Hall–Kier alpha value is -2.74. The van der Waals surface area contributed by atoms with Crippen molar-refractivity contribution in [3.05, 3.63) is 78.0 Å². The van der Waals surface area contributed by atoms with Crippen LogP contribution in [-0.2, 0) is 0 Å². The molecule has 0 aliphatic heterocycles. The van der Waals surface area contributed by atoms with E-state index < -0.39 is 0 Å². The fraction of sp³-hybridized carbons (Fsp3) is 0. The van der Waals surface area contributed by atoms with Crippen molar-refractivity contribution >= 4 is 5.78 Å². The molecule has 0 bridgehead atoms. The molecular formula is C18H11NO. The largest absolute Gasteiger partial charge is 0.287 e. The number of ketones is 1. The Morgan fingerprint density at radius 2 is 1.35 bits per heavy atom. The van der Waals surface area contributed by atoms with Gasteiger partial charge in [-0.15, -0.1) is 0 Å². The smallest absolute Gasteiger partial charge is 0.212 e. The fourth-order valence-corrected chi connectivity index (χ4v) is 2.66. The normalized spacial score (nSPS) is 12.1. The van der Waals surface area contributed by atoms with Crippen LogP contribution in [0.25, 0.3) is 22.4 Å². The molecular weight excluding hydrogens is 246 g/mol. The molecule has 0 amide bonds. The highest BCUT2D eigenvalue weighted by Gasteiger charge is 2.27. The number of hydrogen-bond donors (Lipinski definition) is 0. The van der Waals surface area contributed by atoms with E-state index in [0.717, 1.165) is 27.9 Å². The first-order valence-corrected chi connectivity index (χ1v) is 6.55. The van der Waals surface area contributed by atoms with E-state index >= 15 is 0 Å². The molecule has 3 aromatic rings. The van der Waals surface area contributed by atoms with Gasteiger partial charge in [0, 0.05) is 16.7 Å². The third kappa shape index (κ3) is 1.51. The molecule has 0 radical (unpaired) electrons. The number of hydrogen-bond acceptors (Lipinski definition) is 2. The van der Waals surface area contributed by atoms with Crippen molar-refractivity contribution in [3.63, 3.8) is 0 Å². The summed E-state index contributed by atoms with van der Waals surface area (Å²) in [7, 11) is 0. The van der Waals surface area contributed by atoms with E-state index in [2.05, 4.69) is 4.98 Å². The van der Waals surface area contributed by atoms with E-state index in [1.54, 1.807) is 0 Å². The minimum Gasteiger partial charge on any atom is -0.287 e. The zero-order valence-electron chi connectivity index (χ0n) is 10.7. The number of pyridine rings is 1. The van der Waals surface area contributed by atoms with Crippen molar-refractivity contribution in [2.24, 2.45) is 0 Å². The average Bonchev–Trinajstić information content (AvgIpc) is 2.81. The van der Waals surface area contributed by atoms with Crippen LogP contribution in [0.2, 0.25) is 0 Å². The van der Waals surface area contributed by atoms with Gasteiger partial charge in [0.2, 0.25) is 5.78 Å². The topological polar surface area (TPSA) is 30.0 Å². The lowest BCUT2D eigenvalue weighted by Gasteiger charge is -2.03. The monoisotopic (exact) mass is 257 g/mol. The Balaban J connectivity index is 1.91. The maximum atomic E-state index is 12.4. The number of nitrogens with zero attached hydrogens (tertiary/aromatic N) is 1. The van der Waals surface area contributed by atoms with Gasteiger partial charge in [-0.3, -0.25) is 4.79 Å². The number of carbonyl (C=O) groups is 1. The Labute approximate surface area is 116 Å². The zero-order chi connectivity index (χ0) is 13.5. The van der Waals surface area contributed by atoms with Crippen LogP contribution in [0, 0.1) is 0 Å². The van der Waals surface area contributed by atoms with E-state index in [9.17, 15) is 4.79 Å². The maximum Gasteiger partial charge on any atom is 0.212 e. The van der Waals surface area contributed by atoms with Crippen LogP contribution in [0.3, 0.4) is 0 Å².